The molecule has 2 aromatic rings. The Bertz CT molecular complexity index is 429. The van der Waals surface area contributed by atoms with Gasteiger partial charge in [0.25, 0.3) is 0 Å². The summed E-state index contributed by atoms with van der Waals surface area (Å²) in [5, 5.41) is 3.90. The van der Waals surface area contributed by atoms with Crippen LogP contribution in [0.15, 0.2) is 35.5 Å². The smallest absolute Gasteiger partial charge is 0.302 e. The molecule has 0 spiro atoms. The zero-order valence-electron chi connectivity index (χ0n) is 5.69. The van der Waals surface area contributed by atoms with Gasteiger partial charge in [-0.2, -0.15) is 0 Å². The van der Waals surface area contributed by atoms with Gasteiger partial charge in [0.2, 0.25) is 6.20 Å². The topological polar surface area (TPSA) is 49.9 Å². The summed E-state index contributed by atoms with van der Waals surface area (Å²) < 4.78 is 1.53. The monoisotopic (exact) mass is 148 g/mol. The lowest BCUT2D eigenvalue weighted by Gasteiger charge is -1.83. The van der Waals surface area contributed by atoms with E-state index >= 15 is 0 Å². The van der Waals surface area contributed by atoms with Crippen molar-refractivity contribution in [1.29, 1.82) is 0 Å². The van der Waals surface area contributed by atoms with E-state index in [-0.39, 0.29) is 5.56 Å². The van der Waals surface area contributed by atoms with Gasteiger partial charge >= 0.3 is 11.1 Å². The summed E-state index contributed by atoms with van der Waals surface area (Å²) in [6.45, 7) is 0. The van der Waals surface area contributed by atoms with Crippen molar-refractivity contribution in [2.45, 2.75) is 0 Å². The van der Waals surface area contributed by atoms with E-state index in [1.54, 1.807) is 18.3 Å². The van der Waals surface area contributed by atoms with Crippen molar-refractivity contribution in [1.82, 2.24) is 10.1 Å². The normalized spacial score (nSPS) is 10.2. The number of nitrogens with zero attached hydrogens (tertiary/aromatic N) is 2. The van der Waals surface area contributed by atoms with Gasteiger partial charge in [0.05, 0.1) is 0 Å². The first-order valence-corrected chi connectivity index (χ1v) is 3.22. The molecule has 11 heavy (non-hydrogen) atoms. The Kier molecular flexibility index (Phi) is 1.18. The summed E-state index contributed by atoms with van der Waals surface area (Å²) in [4.78, 5) is 13.5. The molecule has 0 aliphatic carbocycles. The molecule has 1 N–H and O–H groups in total. The van der Waals surface area contributed by atoms with E-state index in [1.807, 2.05) is 6.07 Å². The minimum atomic E-state index is -0.124. The molecular formula is C7H6N3O+. The van der Waals surface area contributed by atoms with E-state index in [9.17, 15) is 4.79 Å². The second-order valence-corrected chi connectivity index (χ2v) is 2.15. The molecule has 0 aromatic carbocycles. The number of aromatic nitrogens is 3. The van der Waals surface area contributed by atoms with Gasteiger partial charge in [0, 0.05) is 17.2 Å². The highest BCUT2D eigenvalue weighted by Gasteiger charge is 2.03. The Morgan fingerprint density at radius 2 is 2.36 bits per heavy atom. The van der Waals surface area contributed by atoms with E-state index in [0.717, 1.165) is 0 Å². The molecule has 2 aromatic heterocycles. The lowest BCUT2D eigenvalue weighted by atomic mass is 10.4. The molecule has 4 nitrogen and oxygen atoms in total. The molecule has 4 heteroatoms. The van der Waals surface area contributed by atoms with Crippen LogP contribution in [0.25, 0.3) is 5.52 Å². The van der Waals surface area contributed by atoms with Crippen LogP contribution in [-0.2, 0) is 0 Å². The van der Waals surface area contributed by atoms with Gasteiger partial charge in [-0.05, 0) is 10.6 Å². The molecule has 0 fully saturated rings. The highest BCUT2D eigenvalue weighted by atomic mass is 16.1. The maximum atomic E-state index is 11.1. The molecule has 54 valence electrons. The van der Waals surface area contributed by atoms with Gasteiger partial charge in [-0.25, -0.2) is 0 Å². The Morgan fingerprint density at radius 3 is 3.18 bits per heavy atom. The molecule has 0 aliphatic rings. The van der Waals surface area contributed by atoms with Crippen molar-refractivity contribution >= 4 is 5.52 Å². The average Bonchev–Trinajstić information content (AvgIpc) is 2.06. The van der Waals surface area contributed by atoms with Crippen molar-refractivity contribution in [3.63, 3.8) is 0 Å². The van der Waals surface area contributed by atoms with Crippen LogP contribution in [0, 0.1) is 0 Å². The zero-order valence-corrected chi connectivity index (χ0v) is 5.69. The fraction of sp³-hybridized carbons (Fsp3) is 0. The van der Waals surface area contributed by atoms with Crippen LogP contribution in [0.1, 0.15) is 0 Å². The highest BCUT2D eigenvalue weighted by Crippen LogP contribution is 1.82. The van der Waals surface area contributed by atoms with Crippen molar-refractivity contribution in [3.05, 3.63) is 41.1 Å². The summed E-state index contributed by atoms with van der Waals surface area (Å²) in [7, 11) is 0. The van der Waals surface area contributed by atoms with Crippen LogP contribution in [0.5, 0.6) is 0 Å². The van der Waals surface area contributed by atoms with E-state index < -0.39 is 0 Å². The number of nitrogens with one attached hydrogen (secondary N) is 1. The third kappa shape index (κ3) is 0.881. The van der Waals surface area contributed by atoms with Gasteiger partial charge in [-0.3, -0.25) is 4.79 Å². The van der Waals surface area contributed by atoms with Gasteiger partial charge in [0.15, 0.2) is 6.33 Å². The average molecular weight is 148 g/mol. The first-order valence-electron chi connectivity index (χ1n) is 3.22. The number of hydrogen-bond donors (Lipinski definition) is 1. The number of aromatic amines is 1. The lowest BCUT2D eigenvalue weighted by Crippen LogP contribution is -2.32. The van der Waals surface area contributed by atoms with Crippen LogP contribution in [-0.4, -0.2) is 10.1 Å². The van der Waals surface area contributed by atoms with E-state index in [1.165, 1.54) is 10.8 Å². The first kappa shape index (κ1) is 6.03. The second kappa shape index (κ2) is 2.16. The first-order chi connectivity index (χ1) is 5.38. The minimum Gasteiger partial charge on any atom is -0.302 e. The molecule has 0 saturated carbocycles. The zero-order chi connectivity index (χ0) is 7.68. The summed E-state index contributed by atoms with van der Waals surface area (Å²) >= 11 is 0. The molecule has 0 saturated heterocycles. The third-order valence-electron chi connectivity index (χ3n) is 1.45. The predicted molar refractivity (Wildman–Crippen MR) is 38.0 cm³/mol. The Labute approximate surface area is 62.1 Å². The molecular weight excluding hydrogens is 142 g/mol. The van der Waals surface area contributed by atoms with Gasteiger partial charge in [0.1, 0.15) is 0 Å². The van der Waals surface area contributed by atoms with Crippen LogP contribution < -0.4 is 10.1 Å². The quantitative estimate of drug-likeness (QED) is 0.512. The number of pyridine rings is 1. The van der Waals surface area contributed by atoms with E-state index in [4.69, 9.17) is 0 Å². The molecule has 0 radical (unpaired) electrons. The van der Waals surface area contributed by atoms with Crippen molar-refractivity contribution < 1.29 is 4.52 Å². The van der Waals surface area contributed by atoms with Crippen LogP contribution in [0.4, 0.5) is 0 Å². The highest BCUT2D eigenvalue weighted by molar-refractivity contribution is 5.33. The van der Waals surface area contributed by atoms with Crippen molar-refractivity contribution in [3.8, 4) is 0 Å². The number of hydrogen-bond acceptors (Lipinski definition) is 2. The Hall–Kier alpha value is -1.71. The molecule has 0 atom stereocenters. The maximum Gasteiger partial charge on any atom is 0.324 e. The van der Waals surface area contributed by atoms with E-state index in [2.05, 4.69) is 10.1 Å². The lowest BCUT2D eigenvalue weighted by molar-refractivity contribution is -0.582. The predicted octanol–water partition coefficient (Wildman–Crippen LogP) is -0.491. The molecule has 0 aliphatic heterocycles. The van der Waals surface area contributed by atoms with Crippen LogP contribution in [0.2, 0.25) is 0 Å². The molecule has 0 unspecified atom stereocenters. The standard InChI is InChI=1S/C7H5N3O/c11-7-6-3-1-2-4-10(6)9-5-8-7/h1-5H/p+1. The summed E-state index contributed by atoms with van der Waals surface area (Å²) in [6.07, 6.45) is 3.10. The Morgan fingerprint density at radius 1 is 1.45 bits per heavy atom. The number of fused-ring (bicyclic) bond motifs is 1. The maximum absolute atomic E-state index is 11.1. The van der Waals surface area contributed by atoms with E-state index in [0.29, 0.717) is 5.52 Å². The van der Waals surface area contributed by atoms with Gasteiger partial charge < -0.3 is 4.98 Å². The van der Waals surface area contributed by atoms with Crippen LogP contribution >= 0.6 is 0 Å². The van der Waals surface area contributed by atoms with Crippen LogP contribution in [0.3, 0.4) is 0 Å². The van der Waals surface area contributed by atoms with Gasteiger partial charge in [-0.1, -0.05) is 0 Å². The Balaban J connectivity index is 3.03. The van der Waals surface area contributed by atoms with Crippen molar-refractivity contribution in [2.24, 2.45) is 0 Å². The molecule has 0 amide bonds. The molecule has 2 rings (SSSR count). The molecule has 2 heterocycles. The minimum absolute atomic E-state index is 0.124. The number of H-pyrrole nitrogens is 1. The fourth-order valence-electron chi connectivity index (χ4n) is 0.939. The van der Waals surface area contributed by atoms with Gasteiger partial charge in [-0.15, -0.1) is 0 Å². The summed E-state index contributed by atoms with van der Waals surface area (Å²) in [5.41, 5.74) is 0.426. The third-order valence-corrected chi connectivity index (χ3v) is 1.45. The second-order valence-electron chi connectivity index (χ2n) is 2.15. The SMILES string of the molecule is O=c1[nH]cn[n+]2ccccc12. The molecule has 0 bridgehead atoms. The fourth-order valence-corrected chi connectivity index (χ4v) is 0.939. The number of rotatable bonds is 0. The summed E-state index contributed by atoms with van der Waals surface area (Å²) in [6, 6.07) is 5.33. The summed E-state index contributed by atoms with van der Waals surface area (Å²) in [5.74, 6) is 0. The largest absolute Gasteiger partial charge is 0.324 e. The van der Waals surface area contributed by atoms with Crippen molar-refractivity contribution in [2.75, 3.05) is 0 Å².